The van der Waals surface area contributed by atoms with Crippen LogP contribution in [0.3, 0.4) is 0 Å². The summed E-state index contributed by atoms with van der Waals surface area (Å²) in [5.41, 5.74) is 3.17. The fraction of sp³-hybridized carbons (Fsp3) is 0.154. The highest BCUT2D eigenvalue weighted by molar-refractivity contribution is 5.85. The number of carboxylic acids is 1. The Morgan fingerprint density at radius 2 is 1.94 bits per heavy atom. The van der Waals surface area contributed by atoms with Crippen LogP contribution < -0.4 is 5.32 Å². The molecule has 2 aromatic rings. The molecule has 0 aliphatic heterocycles. The zero-order valence-electron chi connectivity index (χ0n) is 10.1. The Labute approximate surface area is 104 Å². The summed E-state index contributed by atoms with van der Waals surface area (Å²) in [5.74, 6) is -0.561. The molecule has 0 spiro atoms. The van der Waals surface area contributed by atoms with Crippen LogP contribution in [0.2, 0.25) is 0 Å². The van der Waals surface area contributed by atoms with Crippen LogP contribution in [0, 0.1) is 13.8 Å². The van der Waals surface area contributed by atoms with Crippen molar-refractivity contribution < 1.29 is 9.90 Å². The Kier molecular flexibility index (Phi) is 3.23. The van der Waals surface area contributed by atoms with Crippen LogP contribution in [0.1, 0.15) is 21.6 Å². The van der Waals surface area contributed by atoms with Gasteiger partial charge in [-0.05, 0) is 43.2 Å². The molecular weight excluding hydrogens is 230 g/mol. The summed E-state index contributed by atoms with van der Waals surface area (Å²) in [4.78, 5) is 10.6. The van der Waals surface area contributed by atoms with Gasteiger partial charge in [0.2, 0.25) is 0 Å². The molecule has 0 radical (unpaired) electrons. The monoisotopic (exact) mass is 243 g/mol. The molecule has 0 saturated carbocycles. The molecule has 0 amide bonds. The number of carbonyl (C=O) groups is 1. The minimum atomic E-state index is -1.08. The van der Waals surface area contributed by atoms with Gasteiger partial charge in [0, 0.05) is 5.69 Å². The van der Waals surface area contributed by atoms with Gasteiger partial charge in [-0.25, -0.2) is 4.79 Å². The molecule has 2 rings (SSSR count). The molecule has 5 nitrogen and oxygen atoms in total. The molecule has 0 aliphatic rings. The van der Waals surface area contributed by atoms with Gasteiger partial charge in [0.15, 0.2) is 11.5 Å². The van der Waals surface area contributed by atoms with Crippen molar-refractivity contribution in [2.75, 3.05) is 5.32 Å². The average Bonchev–Trinajstić information content (AvgIpc) is 2.36. The van der Waals surface area contributed by atoms with Gasteiger partial charge in [-0.2, -0.15) is 0 Å². The highest BCUT2D eigenvalue weighted by atomic mass is 16.4. The molecule has 0 bridgehead atoms. The summed E-state index contributed by atoms with van der Waals surface area (Å²) in [7, 11) is 0. The van der Waals surface area contributed by atoms with E-state index in [1.165, 1.54) is 11.6 Å². The van der Waals surface area contributed by atoms with Crippen LogP contribution in [0.15, 0.2) is 30.3 Å². The largest absolute Gasteiger partial charge is 0.476 e. The molecule has 1 aromatic heterocycles. The van der Waals surface area contributed by atoms with Crippen molar-refractivity contribution in [2.45, 2.75) is 13.8 Å². The number of aryl methyl sites for hydroxylation is 1. The smallest absolute Gasteiger partial charge is 0.356 e. The summed E-state index contributed by atoms with van der Waals surface area (Å²) in [6, 6.07) is 8.93. The minimum absolute atomic E-state index is 0.0680. The first kappa shape index (κ1) is 12.0. The van der Waals surface area contributed by atoms with Crippen LogP contribution in [0.5, 0.6) is 0 Å². The molecule has 1 heterocycles. The van der Waals surface area contributed by atoms with Gasteiger partial charge in [-0.1, -0.05) is 12.1 Å². The number of aromatic carboxylic acids is 1. The molecule has 0 saturated heterocycles. The number of hydrogen-bond donors (Lipinski definition) is 2. The van der Waals surface area contributed by atoms with Crippen molar-refractivity contribution in [3.63, 3.8) is 0 Å². The number of carboxylic acid groups (broad SMARTS) is 1. The average molecular weight is 243 g/mol. The van der Waals surface area contributed by atoms with Gasteiger partial charge in [-0.3, -0.25) is 0 Å². The predicted octanol–water partition coefficient (Wildman–Crippen LogP) is 2.54. The second-order valence-corrected chi connectivity index (χ2v) is 3.98. The molecule has 0 fully saturated rings. The number of hydrogen-bond acceptors (Lipinski definition) is 4. The van der Waals surface area contributed by atoms with Gasteiger partial charge in [0.25, 0.3) is 0 Å². The Bertz CT molecular complexity index is 579. The highest BCUT2D eigenvalue weighted by Crippen LogP contribution is 2.21. The Morgan fingerprint density at radius 1 is 1.17 bits per heavy atom. The van der Waals surface area contributed by atoms with E-state index in [4.69, 9.17) is 5.11 Å². The van der Waals surface area contributed by atoms with E-state index < -0.39 is 5.97 Å². The van der Waals surface area contributed by atoms with E-state index in [2.05, 4.69) is 15.5 Å². The van der Waals surface area contributed by atoms with E-state index in [-0.39, 0.29) is 5.69 Å². The van der Waals surface area contributed by atoms with E-state index in [1.807, 2.05) is 32.0 Å². The summed E-state index contributed by atoms with van der Waals surface area (Å²) in [6.45, 7) is 4.04. The lowest BCUT2D eigenvalue weighted by atomic mass is 10.1. The lowest BCUT2D eigenvalue weighted by molar-refractivity contribution is 0.0689. The number of anilines is 2. The van der Waals surface area contributed by atoms with Gasteiger partial charge in [-0.15, -0.1) is 10.2 Å². The minimum Gasteiger partial charge on any atom is -0.476 e. The molecule has 0 unspecified atom stereocenters. The maximum Gasteiger partial charge on any atom is 0.356 e. The van der Waals surface area contributed by atoms with Crippen LogP contribution >= 0.6 is 0 Å². The standard InChI is InChI=1S/C13H13N3O2/c1-8-4-3-5-10(9(8)2)14-12-7-6-11(13(17)18)15-16-12/h3-7H,1-2H3,(H,14,16)(H,17,18). The van der Waals surface area contributed by atoms with Crippen molar-refractivity contribution in [3.8, 4) is 0 Å². The first-order chi connectivity index (χ1) is 8.58. The van der Waals surface area contributed by atoms with Crippen LogP contribution in [0.25, 0.3) is 0 Å². The van der Waals surface area contributed by atoms with Crippen molar-refractivity contribution in [3.05, 3.63) is 47.2 Å². The molecule has 0 atom stereocenters. The predicted molar refractivity (Wildman–Crippen MR) is 68.2 cm³/mol. The van der Waals surface area contributed by atoms with E-state index in [1.54, 1.807) is 6.07 Å². The van der Waals surface area contributed by atoms with Crippen molar-refractivity contribution in [2.24, 2.45) is 0 Å². The van der Waals surface area contributed by atoms with E-state index >= 15 is 0 Å². The molecule has 0 aliphatic carbocycles. The summed E-state index contributed by atoms with van der Waals surface area (Å²) >= 11 is 0. The first-order valence-electron chi connectivity index (χ1n) is 5.48. The quantitative estimate of drug-likeness (QED) is 0.866. The summed E-state index contributed by atoms with van der Waals surface area (Å²) < 4.78 is 0. The third kappa shape index (κ3) is 2.45. The topological polar surface area (TPSA) is 75.1 Å². The third-order valence-electron chi connectivity index (χ3n) is 2.75. The number of aromatic nitrogens is 2. The molecular formula is C13H13N3O2. The van der Waals surface area contributed by atoms with Gasteiger partial charge >= 0.3 is 5.97 Å². The second-order valence-electron chi connectivity index (χ2n) is 3.98. The molecule has 1 aromatic carbocycles. The van der Waals surface area contributed by atoms with Gasteiger partial charge in [0.05, 0.1) is 0 Å². The van der Waals surface area contributed by atoms with E-state index in [0.717, 1.165) is 11.3 Å². The maximum atomic E-state index is 10.6. The van der Waals surface area contributed by atoms with E-state index in [0.29, 0.717) is 5.82 Å². The van der Waals surface area contributed by atoms with Gasteiger partial charge < -0.3 is 10.4 Å². The first-order valence-corrected chi connectivity index (χ1v) is 5.48. The lowest BCUT2D eigenvalue weighted by Gasteiger charge is -2.10. The Balaban J connectivity index is 2.24. The number of nitrogens with one attached hydrogen (secondary N) is 1. The summed E-state index contributed by atoms with van der Waals surface area (Å²) in [5, 5.41) is 19.3. The van der Waals surface area contributed by atoms with Crippen LogP contribution in [-0.2, 0) is 0 Å². The third-order valence-corrected chi connectivity index (χ3v) is 2.75. The normalized spacial score (nSPS) is 10.1. The molecule has 2 N–H and O–H groups in total. The van der Waals surface area contributed by atoms with Crippen LogP contribution in [-0.4, -0.2) is 21.3 Å². The van der Waals surface area contributed by atoms with E-state index in [9.17, 15) is 4.79 Å². The van der Waals surface area contributed by atoms with Crippen molar-refractivity contribution in [1.29, 1.82) is 0 Å². The second kappa shape index (κ2) is 4.83. The Hall–Kier alpha value is -2.43. The Morgan fingerprint density at radius 3 is 2.56 bits per heavy atom. The molecule has 92 valence electrons. The number of benzene rings is 1. The SMILES string of the molecule is Cc1cccc(Nc2ccc(C(=O)O)nn2)c1C. The zero-order chi connectivity index (χ0) is 13.1. The fourth-order valence-corrected chi connectivity index (χ4v) is 1.54. The number of rotatable bonds is 3. The molecule has 5 heteroatoms. The zero-order valence-corrected chi connectivity index (χ0v) is 10.1. The summed E-state index contributed by atoms with van der Waals surface area (Å²) in [6.07, 6.45) is 0. The van der Waals surface area contributed by atoms with Crippen molar-refractivity contribution in [1.82, 2.24) is 10.2 Å². The van der Waals surface area contributed by atoms with Crippen molar-refractivity contribution >= 4 is 17.5 Å². The lowest BCUT2D eigenvalue weighted by Crippen LogP contribution is -2.04. The maximum absolute atomic E-state index is 10.6. The highest BCUT2D eigenvalue weighted by Gasteiger charge is 2.06. The van der Waals surface area contributed by atoms with Gasteiger partial charge in [0.1, 0.15) is 0 Å². The van der Waals surface area contributed by atoms with Crippen LogP contribution in [0.4, 0.5) is 11.5 Å². The number of nitrogens with zero attached hydrogens (tertiary/aromatic N) is 2. The fourth-order valence-electron chi connectivity index (χ4n) is 1.54. The molecule has 18 heavy (non-hydrogen) atoms.